The molecule has 1 aliphatic carbocycles. The van der Waals surface area contributed by atoms with E-state index in [1.165, 1.54) is 12.8 Å². The molecule has 70 valence electrons. The lowest BCUT2D eigenvalue weighted by Gasteiger charge is -2.27. The summed E-state index contributed by atoms with van der Waals surface area (Å²) in [5, 5.41) is 3.04. The van der Waals surface area contributed by atoms with Gasteiger partial charge in [0.2, 0.25) is 0 Å². The largest absolute Gasteiger partial charge is 0.333 e. The van der Waals surface area contributed by atoms with Gasteiger partial charge < -0.3 is 10.2 Å². The van der Waals surface area contributed by atoms with Crippen LogP contribution in [0.3, 0.4) is 0 Å². The number of hydrogen-bond acceptors (Lipinski definition) is 1. The Balaban J connectivity index is 2.44. The third kappa shape index (κ3) is 2.13. The molecule has 0 bridgehead atoms. The first-order valence-electron chi connectivity index (χ1n) is 4.53. The van der Waals surface area contributed by atoms with Gasteiger partial charge in [0.1, 0.15) is 0 Å². The zero-order valence-electron chi connectivity index (χ0n) is 8.18. The number of urea groups is 1. The Morgan fingerprint density at radius 2 is 1.83 bits per heavy atom. The Labute approximate surface area is 74.1 Å². The maximum atomic E-state index is 11.3. The van der Waals surface area contributed by atoms with Crippen LogP contribution in [0.4, 0.5) is 4.79 Å². The fourth-order valence-corrected chi connectivity index (χ4v) is 1.65. The summed E-state index contributed by atoms with van der Waals surface area (Å²) < 4.78 is 0. The minimum atomic E-state index is 0.0272. The molecule has 0 radical (unpaired) electrons. The minimum Gasteiger partial charge on any atom is -0.333 e. The topological polar surface area (TPSA) is 32.3 Å². The Morgan fingerprint density at radius 3 is 2.25 bits per heavy atom. The van der Waals surface area contributed by atoms with Crippen molar-refractivity contribution in [3.05, 3.63) is 0 Å². The normalized spacial score (nSPS) is 20.6. The van der Waals surface area contributed by atoms with E-state index in [1.807, 2.05) is 0 Å². The lowest BCUT2D eigenvalue weighted by Crippen LogP contribution is -2.48. The second kappa shape index (κ2) is 3.33. The van der Waals surface area contributed by atoms with Crippen LogP contribution in [-0.4, -0.2) is 30.6 Å². The van der Waals surface area contributed by atoms with Crippen molar-refractivity contribution >= 4 is 6.03 Å². The van der Waals surface area contributed by atoms with Crippen molar-refractivity contribution in [3.8, 4) is 0 Å². The average molecular weight is 170 g/mol. The molecule has 0 heterocycles. The zero-order valence-corrected chi connectivity index (χ0v) is 8.18. The highest BCUT2D eigenvalue weighted by Gasteiger charge is 2.30. The summed E-state index contributed by atoms with van der Waals surface area (Å²) in [6, 6.07) is 0.0272. The summed E-state index contributed by atoms with van der Waals surface area (Å²) in [6.07, 6.45) is 4.72. The summed E-state index contributed by atoms with van der Waals surface area (Å²) in [5.41, 5.74) is 0.0569. The van der Waals surface area contributed by atoms with Crippen LogP contribution in [0, 0.1) is 0 Å². The van der Waals surface area contributed by atoms with Gasteiger partial charge in [0.25, 0.3) is 0 Å². The highest BCUT2D eigenvalue weighted by molar-refractivity contribution is 5.74. The predicted molar refractivity (Wildman–Crippen MR) is 49.1 cm³/mol. The van der Waals surface area contributed by atoms with Crippen molar-refractivity contribution in [1.82, 2.24) is 10.2 Å². The highest BCUT2D eigenvalue weighted by Crippen LogP contribution is 2.28. The maximum absolute atomic E-state index is 11.3. The van der Waals surface area contributed by atoms with Crippen molar-refractivity contribution in [1.29, 1.82) is 0 Å². The molecule has 12 heavy (non-hydrogen) atoms. The first-order valence-corrected chi connectivity index (χ1v) is 4.53. The molecule has 0 aliphatic heterocycles. The average Bonchev–Trinajstić information content (AvgIpc) is 2.35. The minimum absolute atomic E-state index is 0.0272. The van der Waals surface area contributed by atoms with Gasteiger partial charge in [-0.15, -0.1) is 0 Å². The molecule has 0 aromatic heterocycles. The molecule has 0 unspecified atom stereocenters. The molecule has 0 aromatic rings. The van der Waals surface area contributed by atoms with E-state index < -0.39 is 0 Å². The van der Waals surface area contributed by atoms with Crippen molar-refractivity contribution < 1.29 is 4.79 Å². The fraction of sp³-hybridized carbons (Fsp3) is 0.889. The number of nitrogens with zero attached hydrogens (tertiary/aromatic N) is 1. The molecule has 0 saturated heterocycles. The van der Waals surface area contributed by atoms with Gasteiger partial charge in [-0.05, 0) is 19.8 Å². The van der Waals surface area contributed by atoms with Crippen molar-refractivity contribution in [2.75, 3.05) is 14.1 Å². The molecule has 3 nitrogen and oxygen atoms in total. The number of hydrogen-bond donors (Lipinski definition) is 1. The Morgan fingerprint density at radius 1 is 1.33 bits per heavy atom. The lowest BCUT2D eigenvalue weighted by atomic mass is 10.0. The van der Waals surface area contributed by atoms with Crippen molar-refractivity contribution in [2.24, 2.45) is 0 Å². The van der Waals surface area contributed by atoms with Gasteiger partial charge in [-0.2, -0.15) is 0 Å². The Bertz CT molecular complexity index is 171. The number of nitrogens with one attached hydrogen (secondary N) is 1. The molecule has 2 amide bonds. The third-order valence-electron chi connectivity index (χ3n) is 2.52. The summed E-state index contributed by atoms with van der Waals surface area (Å²) in [5.74, 6) is 0. The standard InChI is InChI=1S/C9H18N2O/c1-9(6-4-5-7-9)10-8(12)11(2)3/h4-7H2,1-3H3,(H,10,12). The molecule has 0 atom stereocenters. The van der Waals surface area contributed by atoms with E-state index in [0.717, 1.165) is 12.8 Å². The molecule has 1 fully saturated rings. The van der Waals surface area contributed by atoms with Gasteiger partial charge >= 0.3 is 6.03 Å². The molecule has 1 aliphatic rings. The van der Waals surface area contributed by atoms with Crippen LogP contribution in [0.15, 0.2) is 0 Å². The molecule has 3 heteroatoms. The number of carbonyl (C=O) groups excluding carboxylic acids is 1. The van der Waals surface area contributed by atoms with Gasteiger partial charge in [-0.3, -0.25) is 0 Å². The monoisotopic (exact) mass is 170 g/mol. The van der Waals surface area contributed by atoms with Crippen LogP contribution in [0.5, 0.6) is 0 Å². The van der Waals surface area contributed by atoms with E-state index in [1.54, 1.807) is 19.0 Å². The van der Waals surface area contributed by atoms with Crippen molar-refractivity contribution in [3.63, 3.8) is 0 Å². The first-order chi connectivity index (χ1) is 5.53. The van der Waals surface area contributed by atoms with Crippen molar-refractivity contribution in [2.45, 2.75) is 38.1 Å². The molecule has 0 aromatic carbocycles. The quantitative estimate of drug-likeness (QED) is 0.637. The lowest BCUT2D eigenvalue weighted by molar-refractivity contribution is 0.203. The maximum Gasteiger partial charge on any atom is 0.317 e. The number of amides is 2. The van der Waals surface area contributed by atoms with Crippen LogP contribution in [-0.2, 0) is 0 Å². The zero-order chi connectivity index (χ0) is 9.19. The van der Waals surface area contributed by atoms with Crippen LogP contribution >= 0.6 is 0 Å². The molecule has 0 spiro atoms. The third-order valence-corrected chi connectivity index (χ3v) is 2.52. The molecule has 1 saturated carbocycles. The Kier molecular flexibility index (Phi) is 2.60. The van der Waals surface area contributed by atoms with Gasteiger partial charge in [-0.1, -0.05) is 12.8 Å². The fourth-order valence-electron chi connectivity index (χ4n) is 1.65. The summed E-state index contributed by atoms with van der Waals surface area (Å²) in [7, 11) is 3.54. The number of carbonyl (C=O) groups is 1. The van der Waals surface area contributed by atoms with Crippen LogP contribution in [0.2, 0.25) is 0 Å². The molecular formula is C9H18N2O. The smallest absolute Gasteiger partial charge is 0.317 e. The van der Waals surface area contributed by atoms with Crippen LogP contribution in [0.1, 0.15) is 32.6 Å². The van der Waals surface area contributed by atoms with Gasteiger partial charge in [0.05, 0.1) is 0 Å². The van der Waals surface area contributed by atoms with E-state index in [2.05, 4.69) is 12.2 Å². The summed E-state index contributed by atoms with van der Waals surface area (Å²) in [4.78, 5) is 12.9. The molecule has 1 N–H and O–H groups in total. The van der Waals surface area contributed by atoms with Crippen LogP contribution < -0.4 is 5.32 Å². The van der Waals surface area contributed by atoms with E-state index in [-0.39, 0.29) is 11.6 Å². The summed E-state index contributed by atoms with van der Waals surface area (Å²) >= 11 is 0. The van der Waals surface area contributed by atoms with E-state index >= 15 is 0 Å². The first kappa shape index (κ1) is 9.36. The van der Waals surface area contributed by atoms with Gasteiger partial charge in [0.15, 0.2) is 0 Å². The second-order valence-electron chi connectivity index (χ2n) is 4.09. The second-order valence-corrected chi connectivity index (χ2v) is 4.09. The van der Waals surface area contributed by atoms with Gasteiger partial charge in [-0.25, -0.2) is 4.79 Å². The van der Waals surface area contributed by atoms with E-state index in [0.29, 0.717) is 0 Å². The van der Waals surface area contributed by atoms with E-state index in [9.17, 15) is 4.79 Å². The molecule has 1 rings (SSSR count). The van der Waals surface area contributed by atoms with Crippen LogP contribution in [0.25, 0.3) is 0 Å². The predicted octanol–water partition coefficient (Wildman–Crippen LogP) is 1.59. The number of rotatable bonds is 1. The Hall–Kier alpha value is -0.730. The van der Waals surface area contributed by atoms with E-state index in [4.69, 9.17) is 0 Å². The van der Waals surface area contributed by atoms with Gasteiger partial charge in [0, 0.05) is 19.6 Å². The highest BCUT2D eigenvalue weighted by atomic mass is 16.2. The molecular weight excluding hydrogens is 152 g/mol. The SMILES string of the molecule is CN(C)C(=O)NC1(C)CCCC1. The summed E-state index contributed by atoms with van der Waals surface area (Å²) in [6.45, 7) is 2.13.